The van der Waals surface area contributed by atoms with Crippen molar-refractivity contribution in [3.63, 3.8) is 0 Å². The third-order valence-electron chi connectivity index (χ3n) is 8.60. The van der Waals surface area contributed by atoms with Crippen LogP contribution in [0.1, 0.15) is 28.1 Å². The number of hydrogen-bond acceptors (Lipinski definition) is 4. The zero-order valence-electron chi connectivity index (χ0n) is 27.5. The number of hydrogen-bond donors (Lipinski definition) is 0. The maximum Gasteiger partial charge on any atom is 0.416 e. The Labute approximate surface area is 290 Å². The van der Waals surface area contributed by atoms with Gasteiger partial charge in [0.05, 0.1) is 16.8 Å². The van der Waals surface area contributed by atoms with E-state index in [1.165, 1.54) is 35.2 Å². The van der Waals surface area contributed by atoms with Gasteiger partial charge in [0.2, 0.25) is 5.91 Å². The molecular weight excluding hydrogens is 665 g/mol. The molecule has 51 heavy (non-hydrogen) atoms. The summed E-state index contributed by atoms with van der Waals surface area (Å²) >= 11 is 0. The fourth-order valence-electron chi connectivity index (χ4n) is 5.81. The molecular formula is C40H32F5N3O3. The molecule has 0 saturated heterocycles. The van der Waals surface area contributed by atoms with Crippen molar-refractivity contribution in [2.45, 2.75) is 38.7 Å². The first-order valence-corrected chi connectivity index (χ1v) is 16.1. The Morgan fingerprint density at radius 1 is 0.843 bits per heavy atom. The van der Waals surface area contributed by atoms with E-state index in [9.17, 15) is 31.5 Å². The molecule has 0 spiro atoms. The number of rotatable bonds is 11. The van der Waals surface area contributed by atoms with E-state index in [1.807, 2.05) is 12.1 Å². The maximum atomic E-state index is 14.6. The molecule has 0 atom stereocenters. The van der Waals surface area contributed by atoms with Gasteiger partial charge >= 0.3 is 6.18 Å². The second-order valence-electron chi connectivity index (χ2n) is 12.1. The first-order chi connectivity index (χ1) is 24.5. The molecule has 0 aliphatic heterocycles. The van der Waals surface area contributed by atoms with Crippen molar-refractivity contribution in [1.29, 1.82) is 0 Å². The van der Waals surface area contributed by atoms with Gasteiger partial charge in [-0.1, -0.05) is 54.6 Å². The highest BCUT2D eigenvalue weighted by atomic mass is 19.4. The molecule has 0 N–H and O–H groups in total. The van der Waals surface area contributed by atoms with Crippen LogP contribution in [0.4, 0.5) is 22.0 Å². The second kappa shape index (κ2) is 15.0. The van der Waals surface area contributed by atoms with E-state index in [0.29, 0.717) is 33.6 Å². The summed E-state index contributed by atoms with van der Waals surface area (Å²) in [6, 6.07) is 27.8. The van der Waals surface area contributed by atoms with Crippen LogP contribution >= 0.6 is 0 Å². The highest BCUT2D eigenvalue weighted by molar-refractivity contribution is 5.84. The van der Waals surface area contributed by atoms with Gasteiger partial charge in [-0.3, -0.25) is 14.6 Å². The van der Waals surface area contributed by atoms with E-state index < -0.39 is 23.4 Å². The normalized spacial score (nSPS) is 11.5. The average Bonchev–Trinajstić information content (AvgIpc) is 3.13. The number of likely N-dealkylation sites (N-methyl/N-ethyl adjacent to an activating group) is 1. The van der Waals surface area contributed by atoms with Crippen LogP contribution in [-0.2, 0) is 43.5 Å². The number of aromatic nitrogens is 2. The third-order valence-corrected chi connectivity index (χ3v) is 8.60. The molecule has 0 saturated carbocycles. The summed E-state index contributed by atoms with van der Waals surface area (Å²) < 4.78 is 75.1. The number of halogens is 5. The van der Waals surface area contributed by atoms with Crippen molar-refractivity contribution in [2.75, 3.05) is 7.05 Å². The Morgan fingerprint density at radius 3 is 2.25 bits per heavy atom. The van der Waals surface area contributed by atoms with Crippen molar-refractivity contribution in [3.05, 3.63) is 165 Å². The highest BCUT2D eigenvalue weighted by Crippen LogP contribution is 2.31. The molecule has 6 aromatic rings. The number of amides is 1. The molecule has 260 valence electrons. The third kappa shape index (κ3) is 8.31. The van der Waals surface area contributed by atoms with Crippen molar-refractivity contribution in [1.82, 2.24) is 14.5 Å². The van der Waals surface area contributed by atoms with Gasteiger partial charge in [-0.05, 0) is 77.6 Å². The van der Waals surface area contributed by atoms with Crippen LogP contribution in [0.2, 0.25) is 0 Å². The molecule has 4 aromatic carbocycles. The van der Waals surface area contributed by atoms with Gasteiger partial charge < -0.3 is 14.2 Å². The maximum absolute atomic E-state index is 14.6. The summed E-state index contributed by atoms with van der Waals surface area (Å²) in [5.74, 6) is -1.77. The molecule has 2 heterocycles. The van der Waals surface area contributed by atoms with E-state index in [1.54, 1.807) is 66.3 Å². The van der Waals surface area contributed by atoms with Crippen molar-refractivity contribution >= 4 is 16.8 Å². The van der Waals surface area contributed by atoms with Crippen molar-refractivity contribution in [2.24, 2.45) is 0 Å². The number of alkyl halides is 3. The van der Waals surface area contributed by atoms with Crippen LogP contribution in [0.5, 0.6) is 5.75 Å². The minimum atomic E-state index is -4.42. The molecule has 11 heteroatoms. The van der Waals surface area contributed by atoms with E-state index in [2.05, 4.69) is 4.98 Å². The monoisotopic (exact) mass is 697 g/mol. The van der Waals surface area contributed by atoms with E-state index >= 15 is 0 Å². The summed E-state index contributed by atoms with van der Waals surface area (Å²) in [7, 11) is 1.64. The minimum Gasteiger partial charge on any atom is -0.487 e. The number of aryl methyl sites for hydroxylation is 2. The van der Waals surface area contributed by atoms with E-state index in [-0.39, 0.29) is 49.4 Å². The quantitative estimate of drug-likeness (QED) is 0.128. The van der Waals surface area contributed by atoms with Gasteiger partial charge in [-0.2, -0.15) is 13.2 Å². The Hall–Kier alpha value is -5.84. The van der Waals surface area contributed by atoms with Crippen LogP contribution in [0.25, 0.3) is 22.0 Å². The Kier molecular flexibility index (Phi) is 10.3. The van der Waals surface area contributed by atoms with Crippen LogP contribution in [0, 0.1) is 11.6 Å². The Balaban J connectivity index is 1.25. The van der Waals surface area contributed by atoms with Gasteiger partial charge in [0.15, 0.2) is 17.1 Å². The lowest BCUT2D eigenvalue weighted by atomic mass is 10.0. The highest BCUT2D eigenvalue weighted by Gasteiger charge is 2.30. The molecule has 0 aliphatic rings. The SMILES string of the molecule is CN(Cc1ccc(-c2ccc(C(F)(F)F)cc2)cc1)C(=O)Cn1c(CCc2cccc(F)c2F)cc(=O)c2ccc(OCc3ccccn3)cc21. The predicted octanol–water partition coefficient (Wildman–Crippen LogP) is 8.38. The predicted molar refractivity (Wildman–Crippen MR) is 184 cm³/mol. The number of pyridine rings is 2. The molecule has 1 amide bonds. The molecule has 6 rings (SSSR count). The largest absolute Gasteiger partial charge is 0.487 e. The fourth-order valence-corrected chi connectivity index (χ4v) is 5.81. The van der Waals surface area contributed by atoms with Crippen LogP contribution in [0.3, 0.4) is 0 Å². The van der Waals surface area contributed by atoms with E-state index in [0.717, 1.165) is 29.3 Å². The fraction of sp³-hybridized carbons (Fsp3) is 0.175. The number of carbonyl (C=O) groups excluding carboxylic acids is 1. The summed E-state index contributed by atoms with van der Waals surface area (Å²) in [4.78, 5) is 32.8. The number of nitrogens with zero attached hydrogens (tertiary/aromatic N) is 3. The molecule has 0 radical (unpaired) electrons. The first kappa shape index (κ1) is 35.0. The van der Waals surface area contributed by atoms with Crippen LogP contribution < -0.4 is 10.2 Å². The standard InChI is InChI=1S/C40H32F5N3O3/c1-47(23-26-8-10-27(11-9-26)28-12-15-30(16-13-28)40(43,44)45)38(50)24-48-32(17-14-29-5-4-7-35(41)39(29)42)21-37(49)34-19-18-33(22-36(34)48)51-25-31-6-2-3-20-46-31/h2-13,15-16,18-22H,14,17,23-25H2,1H3. The number of ether oxygens (including phenoxy) is 1. The van der Waals surface area contributed by atoms with E-state index in [4.69, 9.17) is 4.74 Å². The van der Waals surface area contributed by atoms with Gasteiger partial charge in [0, 0.05) is 43.0 Å². The number of fused-ring (bicyclic) bond motifs is 1. The Bertz CT molecular complexity index is 2220. The van der Waals surface area contributed by atoms with Gasteiger partial charge in [0.25, 0.3) is 0 Å². The van der Waals surface area contributed by atoms with Crippen molar-refractivity contribution < 1.29 is 31.5 Å². The zero-order chi connectivity index (χ0) is 36.1. The molecule has 0 fully saturated rings. The first-order valence-electron chi connectivity index (χ1n) is 16.1. The molecule has 2 aromatic heterocycles. The minimum absolute atomic E-state index is 0.0831. The van der Waals surface area contributed by atoms with Gasteiger partial charge in [-0.15, -0.1) is 0 Å². The Morgan fingerprint density at radius 2 is 1.57 bits per heavy atom. The summed E-state index contributed by atoms with van der Waals surface area (Å²) in [5.41, 5.74) is 2.86. The molecule has 0 bridgehead atoms. The smallest absolute Gasteiger partial charge is 0.416 e. The van der Waals surface area contributed by atoms with Crippen LogP contribution in [-0.4, -0.2) is 27.4 Å². The lowest BCUT2D eigenvalue weighted by Gasteiger charge is -2.22. The summed E-state index contributed by atoms with van der Waals surface area (Å²) in [6.07, 6.45) is -2.54. The lowest BCUT2D eigenvalue weighted by Crippen LogP contribution is -2.31. The summed E-state index contributed by atoms with van der Waals surface area (Å²) in [5, 5.41) is 0.357. The van der Waals surface area contributed by atoms with Gasteiger partial charge in [-0.25, -0.2) is 8.78 Å². The average molecular weight is 698 g/mol. The molecule has 6 nitrogen and oxygen atoms in total. The summed E-state index contributed by atoms with van der Waals surface area (Å²) in [6.45, 7) is 0.239. The molecule has 0 unspecified atom stereocenters. The molecule has 0 aliphatic carbocycles. The number of carbonyl (C=O) groups is 1. The number of benzene rings is 4. The topological polar surface area (TPSA) is 64.4 Å². The van der Waals surface area contributed by atoms with Gasteiger partial charge in [0.1, 0.15) is 18.9 Å². The van der Waals surface area contributed by atoms with Crippen LogP contribution in [0.15, 0.2) is 120 Å². The van der Waals surface area contributed by atoms with Crippen molar-refractivity contribution in [3.8, 4) is 16.9 Å². The zero-order valence-corrected chi connectivity index (χ0v) is 27.5. The second-order valence-corrected chi connectivity index (χ2v) is 12.1. The lowest BCUT2D eigenvalue weighted by molar-refractivity contribution is -0.137.